The normalized spacial score (nSPS) is 23.1. The number of rotatable bonds is 6. The van der Waals surface area contributed by atoms with E-state index in [1.807, 2.05) is 26.8 Å². The number of likely N-dealkylation sites (tertiary alicyclic amines) is 1. The Kier molecular flexibility index (Phi) is 7.67. The van der Waals surface area contributed by atoms with Gasteiger partial charge in [-0.25, -0.2) is 9.78 Å². The lowest BCUT2D eigenvalue weighted by Crippen LogP contribution is -2.46. The number of carbonyl (C=O) groups excluding carboxylic acids is 2. The highest BCUT2D eigenvalue weighted by molar-refractivity contribution is 6.76. The Hall–Kier alpha value is -2.30. The van der Waals surface area contributed by atoms with Gasteiger partial charge in [-0.3, -0.25) is 4.79 Å². The van der Waals surface area contributed by atoms with Crippen molar-refractivity contribution in [1.82, 2.24) is 19.7 Å². The number of ether oxygens (including phenoxy) is 3. The second kappa shape index (κ2) is 10.6. The van der Waals surface area contributed by atoms with Gasteiger partial charge < -0.3 is 19.1 Å². The molecule has 0 saturated carbocycles. The fourth-order valence-electron chi connectivity index (χ4n) is 6.20. The van der Waals surface area contributed by atoms with E-state index in [0.717, 1.165) is 55.9 Å². The maximum atomic E-state index is 14.1. The van der Waals surface area contributed by atoms with Gasteiger partial charge in [-0.05, 0) is 70.1 Å². The van der Waals surface area contributed by atoms with Crippen molar-refractivity contribution in [2.24, 2.45) is 5.41 Å². The van der Waals surface area contributed by atoms with Crippen molar-refractivity contribution in [3.8, 4) is 0 Å². The second-order valence-corrected chi connectivity index (χ2v) is 19.3. The monoisotopic (exact) mass is 556 g/mol. The van der Waals surface area contributed by atoms with E-state index in [0.29, 0.717) is 44.6 Å². The fraction of sp³-hybridized carbons (Fsp3) is 0.724. The third kappa shape index (κ3) is 5.93. The third-order valence-electron chi connectivity index (χ3n) is 8.40. The molecule has 1 unspecified atom stereocenters. The van der Waals surface area contributed by atoms with Crippen LogP contribution in [-0.4, -0.2) is 84.9 Å². The molecule has 1 fully saturated rings. The highest BCUT2D eigenvalue weighted by Gasteiger charge is 2.52. The molecule has 1 amide bonds. The predicted molar refractivity (Wildman–Crippen MR) is 152 cm³/mol. The number of allylic oxidation sites excluding steroid dienone is 1. The van der Waals surface area contributed by atoms with E-state index in [4.69, 9.17) is 24.3 Å². The van der Waals surface area contributed by atoms with E-state index in [-0.39, 0.29) is 23.3 Å². The van der Waals surface area contributed by atoms with Crippen molar-refractivity contribution < 1.29 is 23.8 Å². The van der Waals surface area contributed by atoms with Crippen LogP contribution in [0, 0.1) is 5.41 Å². The summed E-state index contributed by atoms with van der Waals surface area (Å²) in [4.78, 5) is 33.5. The first kappa shape index (κ1) is 28.2. The summed E-state index contributed by atoms with van der Waals surface area (Å²) in [5.74, 6) is 1.21. The average molecular weight is 557 g/mol. The molecule has 10 heteroatoms. The zero-order chi connectivity index (χ0) is 28.0. The smallest absolute Gasteiger partial charge is 0.410 e. The molecule has 0 bridgehead atoms. The lowest BCUT2D eigenvalue weighted by molar-refractivity contribution is 0.0134. The van der Waals surface area contributed by atoms with Crippen LogP contribution in [0.5, 0.6) is 0 Å². The zero-order valence-corrected chi connectivity index (χ0v) is 25.5. The first-order valence-electron chi connectivity index (χ1n) is 14.4. The summed E-state index contributed by atoms with van der Waals surface area (Å²) in [7, 11) is -1.22. The van der Waals surface area contributed by atoms with Crippen LogP contribution in [0.25, 0.3) is 5.57 Å². The van der Waals surface area contributed by atoms with Crippen molar-refractivity contribution in [2.75, 3.05) is 39.5 Å². The molecule has 5 rings (SSSR count). The van der Waals surface area contributed by atoms with Gasteiger partial charge in [0.25, 0.3) is 5.91 Å². The van der Waals surface area contributed by atoms with E-state index in [9.17, 15) is 9.59 Å². The molecule has 1 spiro atoms. The van der Waals surface area contributed by atoms with Crippen molar-refractivity contribution >= 4 is 25.6 Å². The summed E-state index contributed by atoms with van der Waals surface area (Å²) in [5, 5.41) is 4.76. The van der Waals surface area contributed by atoms with Gasteiger partial charge in [0.05, 0.1) is 25.7 Å². The summed E-state index contributed by atoms with van der Waals surface area (Å²) in [6, 6.07) is 1.10. The molecule has 1 aliphatic carbocycles. The minimum absolute atomic E-state index is 0.0482. The zero-order valence-electron chi connectivity index (χ0n) is 24.5. The maximum absolute atomic E-state index is 14.1. The molecule has 1 saturated heterocycles. The van der Waals surface area contributed by atoms with Gasteiger partial charge in [-0.2, -0.15) is 4.68 Å². The summed E-state index contributed by atoms with van der Waals surface area (Å²) in [5.41, 5.74) is 2.33. The van der Waals surface area contributed by atoms with Crippen LogP contribution in [0.4, 0.5) is 4.79 Å². The Bertz CT molecular complexity index is 1180. The number of aromatic nitrogens is 3. The largest absolute Gasteiger partial charge is 0.444 e. The Morgan fingerprint density at radius 2 is 1.92 bits per heavy atom. The van der Waals surface area contributed by atoms with Crippen LogP contribution in [0.3, 0.4) is 0 Å². The lowest BCUT2D eigenvalue weighted by Gasteiger charge is -2.41. The molecule has 0 radical (unpaired) electrons. The number of carbonyl (C=O) groups is 2. The van der Waals surface area contributed by atoms with Crippen LogP contribution in [0.1, 0.15) is 75.2 Å². The fourth-order valence-corrected chi connectivity index (χ4v) is 6.96. The molecule has 1 atom stereocenters. The Morgan fingerprint density at radius 1 is 1.18 bits per heavy atom. The number of amides is 1. The van der Waals surface area contributed by atoms with Crippen LogP contribution in [-0.2, 0) is 14.2 Å². The van der Waals surface area contributed by atoms with Crippen LogP contribution in [0.2, 0.25) is 25.7 Å². The SMILES string of the molecule is CC(C)(C)OC(=O)N1CCC2(CCC3=C2C(=O)n2nc(C4=CCOCC4)nc2C3COCC[Si](C)(C)C)CC1. The number of fused-ring (bicyclic) bond motifs is 2. The Morgan fingerprint density at radius 3 is 2.56 bits per heavy atom. The quantitative estimate of drug-likeness (QED) is 0.347. The standard InChI is InChI=1S/C29H44N4O5Si/c1-28(2,3)38-27(35)32-13-11-29(12-14-32)10-7-21-22(19-37-17-18-39(4,5)6)25-30-24(20-8-15-36-16-9-20)31-33(25)26(34)23(21)29/h8,22H,7,9-19H2,1-6H3. The minimum atomic E-state index is -1.22. The van der Waals surface area contributed by atoms with Crippen molar-refractivity contribution in [1.29, 1.82) is 0 Å². The van der Waals surface area contributed by atoms with Crippen LogP contribution >= 0.6 is 0 Å². The summed E-state index contributed by atoms with van der Waals surface area (Å²) < 4.78 is 18.9. The maximum Gasteiger partial charge on any atom is 0.410 e. The van der Waals surface area contributed by atoms with E-state index in [1.165, 1.54) is 5.57 Å². The molecule has 3 aliphatic heterocycles. The third-order valence-corrected chi connectivity index (χ3v) is 10.1. The summed E-state index contributed by atoms with van der Waals surface area (Å²) in [6.07, 6.45) is 5.75. The Labute approximate surface area is 233 Å². The van der Waals surface area contributed by atoms with E-state index in [2.05, 4.69) is 19.6 Å². The molecule has 4 heterocycles. The van der Waals surface area contributed by atoms with Gasteiger partial charge in [0.15, 0.2) is 5.82 Å². The molecule has 1 aromatic rings. The molecule has 1 aromatic heterocycles. The van der Waals surface area contributed by atoms with Gasteiger partial charge in [0.1, 0.15) is 11.4 Å². The van der Waals surface area contributed by atoms with Crippen LogP contribution < -0.4 is 0 Å². The molecule has 0 N–H and O–H groups in total. The van der Waals surface area contributed by atoms with Gasteiger partial charge in [-0.15, -0.1) is 5.10 Å². The summed E-state index contributed by atoms with van der Waals surface area (Å²) in [6.45, 7) is 16.3. The van der Waals surface area contributed by atoms with Gasteiger partial charge in [-0.1, -0.05) is 25.7 Å². The number of piperidine rings is 1. The number of hydrogen-bond donors (Lipinski definition) is 0. The topological polar surface area (TPSA) is 95.8 Å². The van der Waals surface area contributed by atoms with Crippen molar-refractivity contribution in [3.63, 3.8) is 0 Å². The summed E-state index contributed by atoms with van der Waals surface area (Å²) >= 11 is 0. The Balaban J connectivity index is 1.41. The highest BCUT2D eigenvalue weighted by atomic mass is 28.3. The van der Waals surface area contributed by atoms with Crippen LogP contribution in [0.15, 0.2) is 17.2 Å². The van der Waals surface area contributed by atoms with E-state index < -0.39 is 13.7 Å². The number of nitrogens with zero attached hydrogens (tertiary/aromatic N) is 4. The molecule has 4 aliphatic rings. The van der Waals surface area contributed by atoms with Gasteiger partial charge in [0, 0.05) is 38.8 Å². The van der Waals surface area contributed by atoms with Gasteiger partial charge >= 0.3 is 6.09 Å². The minimum Gasteiger partial charge on any atom is -0.444 e. The second-order valence-electron chi connectivity index (χ2n) is 13.7. The highest BCUT2D eigenvalue weighted by Crippen LogP contribution is 2.55. The molecule has 214 valence electrons. The van der Waals surface area contributed by atoms with E-state index in [1.54, 1.807) is 9.58 Å². The molecule has 39 heavy (non-hydrogen) atoms. The first-order chi connectivity index (χ1) is 18.4. The average Bonchev–Trinajstić information content (AvgIpc) is 3.46. The van der Waals surface area contributed by atoms with Crippen molar-refractivity contribution in [3.05, 3.63) is 28.9 Å². The molecular weight excluding hydrogens is 512 g/mol. The molecular formula is C29H44N4O5Si. The molecule has 9 nitrogen and oxygen atoms in total. The lowest BCUT2D eigenvalue weighted by atomic mass is 9.71. The van der Waals surface area contributed by atoms with Gasteiger partial charge in [0.2, 0.25) is 0 Å². The van der Waals surface area contributed by atoms with Crippen molar-refractivity contribution in [2.45, 2.75) is 90.1 Å². The number of hydrogen-bond acceptors (Lipinski definition) is 7. The molecule has 0 aromatic carbocycles. The van der Waals surface area contributed by atoms with E-state index >= 15 is 0 Å². The predicted octanol–water partition coefficient (Wildman–Crippen LogP) is 5.28. The first-order valence-corrected chi connectivity index (χ1v) is 18.2.